The average molecular weight is 280 g/mol. The SMILES string of the molecule is CCc1noc(C)c1C(=O)N[C@H]1CCCCCC[C@@H]1O. The van der Waals surface area contributed by atoms with Gasteiger partial charge in [0.25, 0.3) is 5.91 Å². The number of nitrogens with one attached hydrogen (secondary N) is 1. The number of rotatable bonds is 3. The quantitative estimate of drug-likeness (QED) is 0.891. The summed E-state index contributed by atoms with van der Waals surface area (Å²) in [5, 5.41) is 17.0. The van der Waals surface area contributed by atoms with Crippen molar-refractivity contribution in [2.75, 3.05) is 0 Å². The van der Waals surface area contributed by atoms with Crippen molar-refractivity contribution in [2.24, 2.45) is 0 Å². The average Bonchev–Trinajstić information content (AvgIpc) is 2.79. The van der Waals surface area contributed by atoms with E-state index < -0.39 is 6.10 Å². The first-order valence-electron chi connectivity index (χ1n) is 7.57. The number of aryl methyl sites for hydroxylation is 2. The minimum atomic E-state index is -0.454. The first-order chi connectivity index (χ1) is 9.63. The smallest absolute Gasteiger partial charge is 0.257 e. The van der Waals surface area contributed by atoms with E-state index in [9.17, 15) is 9.90 Å². The molecule has 5 nitrogen and oxygen atoms in total. The van der Waals surface area contributed by atoms with Gasteiger partial charge in [0.05, 0.1) is 17.8 Å². The lowest BCUT2D eigenvalue weighted by atomic mass is 9.94. The molecule has 2 atom stereocenters. The van der Waals surface area contributed by atoms with Crippen LogP contribution in [-0.2, 0) is 6.42 Å². The second kappa shape index (κ2) is 6.88. The van der Waals surface area contributed by atoms with Crippen LogP contribution >= 0.6 is 0 Å². The van der Waals surface area contributed by atoms with E-state index in [0.717, 1.165) is 25.7 Å². The van der Waals surface area contributed by atoms with Gasteiger partial charge in [-0.05, 0) is 26.2 Å². The summed E-state index contributed by atoms with van der Waals surface area (Å²) in [6.45, 7) is 3.69. The summed E-state index contributed by atoms with van der Waals surface area (Å²) in [6, 6.07) is -0.165. The largest absolute Gasteiger partial charge is 0.391 e. The van der Waals surface area contributed by atoms with E-state index in [-0.39, 0.29) is 11.9 Å². The zero-order valence-corrected chi connectivity index (χ0v) is 12.3. The fourth-order valence-corrected chi connectivity index (χ4v) is 2.82. The summed E-state index contributed by atoms with van der Waals surface area (Å²) in [6.07, 6.45) is 6.21. The molecule has 0 aliphatic heterocycles. The zero-order valence-electron chi connectivity index (χ0n) is 12.3. The van der Waals surface area contributed by atoms with Crippen molar-refractivity contribution in [3.05, 3.63) is 17.0 Å². The van der Waals surface area contributed by atoms with Crippen LogP contribution in [0.1, 0.15) is 67.3 Å². The van der Waals surface area contributed by atoms with Gasteiger partial charge in [-0.15, -0.1) is 0 Å². The molecule has 2 rings (SSSR count). The first kappa shape index (κ1) is 15.0. The van der Waals surface area contributed by atoms with Gasteiger partial charge in [0.15, 0.2) is 0 Å². The highest BCUT2D eigenvalue weighted by atomic mass is 16.5. The van der Waals surface area contributed by atoms with Crippen LogP contribution in [0.2, 0.25) is 0 Å². The molecule has 5 heteroatoms. The molecule has 1 aliphatic rings. The lowest BCUT2D eigenvalue weighted by Gasteiger charge is -2.26. The maximum atomic E-state index is 12.4. The predicted molar refractivity (Wildman–Crippen MR) is 75.6 cm³/mol. The lowest BCUT2D eigenvalue weighted by molar-refractivity contribution is 0.0769. The predicted octanol–water partition coefficient (Wildman–Crippen LogP) is 2.36. The minimum Gasteiger partial charge on any atom is -0.391 e. The van der Waals surface area contributed by atoms with E-state index in [2.05, 4.69) is 10.5 Å². The van der Waals surface area contributed by atoms with Gasteiger partial charge in [-0.2, -0.15) is 0 Å². The van der Waals surface area contributed by atoms with Crippen LogP contribution in [0.5, 0.6) is 0 Å². The Morgan fingerprint density at radius 1 is 1.35 bits per heavy atom. The molecular formula is C15H24N2O3. The number of amides is 1. The fourth-order valence-electron chi connectivity index (χ4n) is 2.82. The Balaban J connectivity index is 2.07. The summed E-state index contributed by atoms with van der Waals surface area (Å²) in [7, 11) is 0. The Bertz CT molecular complexity index is 456. The topological polar surface area (TPSA) is 75.4 Å². The Hall–Kier alpha value is -1.36. The van der Waals surface area contributed by atoms with Crippen molar-refractivity contribution < 1.29 is 14.4 Å². The van der Waals surface area contributed by atoms with E-state index in [0.29, 0.717) is 23.4 Å². The van der Waals surface area contributed by atoms with Crippen LogP contribution in [0.4, 0.5) is 0 Å². The van der Waals surface area contributed by atoms with Crippen LogP contribution in [-0.4, -0.2) is 28.3 Å². The van der Waals surface area contributed by atoms with Gasteiger partial charge in [0.1, 0.15) is 11.3 Å². The van der Waals surface area contributed by atoms with E-state index >= 15 is 0 Å². The number of carbonyl (C=O) groups excluding carboxylic acids is 1. The molecule has 0 aromatic carbocycles. The van der Waals surface area contributed by atoms with E-state index in [1.165, 1.54) is 12.8 Å². The lowest BCUT2D eigenvalue weighted by Crippen LogP contribution is -2.44. The van der Waals surface area contributed by atoms with Crippen molar-refractivity contribution in [1.82, 2.24) is 10.5 Å². The number of hydrogen-bond acceptors (Lipinski definition) is 4. The van der Waals surface area contributed by atoms with Crippen molar-refractivity contribution in [3.63, 3.8) is 0 Å². The summed E-state index contributed by atoms with van der Waals surface area (Å²) in [4.78, 5) is 12.4. The van der Waals surface area contributed by atoms with Gasteiger partial charge in [-0.3, -0.25) is 4.79 Å². The van der Waals surface area contributed by atoms with Gasteiger partial charge in [0, 0.05) is 0 Å². The van der Waals surface area contributed by atoms with Crippen LogP contribution in [0, 0.1) is 6.92 Å². The molecule has 0 saturated heterocycles. The molecule has 0 bridgehead atoms. The summed E-state index contributed by atoms with van der Waals surface area (Å²) >= 11 is 0. The van der Waals surface area contributed by atoms with Crippen LogP contribution < -0.4 is 5.32 Å². The van der Waals surface area contributed by atoms with Crippen LogP contribution in [0.25, 0.3) is 0 Å². The Morgan fingerprint density at radius 3 is 2.75 bits per heavy atom. The van der Waals surface area contributed by atoms with Gasteiger partial charge in [0.2, 0.25) is 0 Å². The Kier molecular flexibility index (Phi) is 5.17. The molecule has 1 heterocycles. The summed E-state index contributed by atoms with van der Waals surface area (Å²) in [5.74, 6) is 0.366. The maximum absolute atomic E-state index is 12.4. The Labute approximate surface area is 119 Å². The number of aliphatic hydroxyl groups excluding tert-OH is 1. The molecule has 1 amide bonds. The van der Waals surface area contributed by atoms with Gasteiger partial charge < -0.3 is 14.9 Å². The molecule has 0 spiro atoms. The van der Waals surface area contributed by atoms with Crippen molar-refractivity contribution in [3.8, 4) is 0 Å². The van der Waals surface area contributed by atoms with Gasteiger partial charge in [-0.1, -0.05) is 37.8 Å². The molecule has 112 valence electrons. The third kappa shape index (κ3) is 3.39. The standard InChI is InChI=1S/C15H24N2O3/c1-3-11-14(10(2)20-17-11)15(19)16-12-8-6-4-5-7-9-13(12)18/h12-13,18H,3-9H2,1-2H3,(H,16,19)/t12-,13-/m0/s1. The zero-order chi connectivity index (χ0) is 14.5. The molecule has 20 heavy (non-hydrogen) atoms. The number of aliphatic hydroxyl groups is 1. The number of carbonyl (C=O) groups is 1. The molecular weight excluding hydrogens is 256 g/mol. The second-order valence-corrected chi connectivity index (χ2v) is 5.55. The van der Waals surface area contributed by atoms with E-state index in [1.807, 2.05) is 6.92 Å². The maximum Gasteiger partial charge on any atom is 0.257 e. The monoisotopic (exact) mass is 280 g/mol. The van der Waals surface area contributed by atoms with Crippen LogP contribution in [0.3, 0.4) is 0 Å². The second-order valence-electron chi connectivity index (χ2n) is 5.55. The van der Waals surface area contributed by atoms with E-state index in [1.54, 1.807) is 6.92 Å². The molecule has 1 fully saturated rings. The highest BCUT2D eigenvalue weighted by Gasteiger charge is 2.26. The number of aromatic nitrogens is 1. The summed E-state index contributed by atoms with van der Waals surface area (Å²) in [5.41, 5.74) is 1.21. The fraction of sp³-hybridized carbons (Fsp3) is 0.733. The van der Waals surface area contributed by atoms with E-state index in [4.69, 9.17) is 4.52 Å². The molecule has 1 aromatic heterocycles. The van der Waals surface area contributed by atoms with Gasteiger partial charge >= 0.3 is 0 Å². The third-order valence-electron chi connectivity index (χ3n) is 4.04. The van der Waals surface area contributed by atoms with Gasteiger partial charge in [-0.25, -0.2) is 0 Å². The molecule has 1 aliphatic carbocycles. The molecule has 1 saturated carbocycles. The molecule has 1 aromatic rings. The molecule has 0 unspecified atom stereocenters. The first-order valence-corrected chi connectivity index (χ1v) is 7.57. The molecule has 2 N–H and O–H groups in total. The van der Waals surface area contributed by atoms with Crippen molar-refractivity contribution in [1.29, 1.82) is 0 Å². The minimum absolute atomic E-state index is 0.165. The summed E-state index contributed by atoms with van der Waals surface area (Å²) < 4.78 is 5.10. The highest BCUT2D eigenvalue weighted by Crippen LogP contribution is 2.19. The van der Waals surface area contributed by atoms with Crippen LogP contribution in [0.15, 0.2) is 4.52 Å². The Morgan fingerprint density at radius 2 is 2.05 bits per heavy atom. The normalized spacial score (nSPS) is 23.9. The van der Waals surface area contributed by atoms with Crippen molar-refractivity contribution in [2.45, 2.75) is 70.9 Å². The number of nitrogens with zero attached hydrogens (tertiary/aromatic N) is 1. The number of hydrogen-bond donors (Lipinski definition) is 2. The van der Waals surface area contributed by atoms with Crippen molar-refractivity contribution >= 4 is 5.91 Å². The highest BCUT2D eigenvalue weighted by molar-refractivity contribution is 5.96. The third-order valence-corrected chi connectivity index (χ3v) is 4.04. The molecule has 0 radical (unpaired) electrons.